The number of aromatic nitrogens is 2. The fraction of sp³-hybridized carbons (Fsp3) is 0.300. The van der Waals surface area contributed by atoms with Gasteiger partial charge in [-0.3, -0.25) is 9.69 Å². The number of benzene rings is 2. The zero-order valence-corrected chi connectivity index (χ0v) is 24.1. The molecule has 3 atom stereocenters. The maximum Gasteiger partial charge on any atom is 0.270 e. The van der Waals surface area contributed by atoms with Gasteiger partial charge in [0.25, 0.3) is 5.56 Å². The zero-order valence-electron chi connectivity index (χ0n) is 22.5. The van der Waals surface area contributed by atoms with E-state index in [1.807, 2.05) is 13.0 Å². The third-order valence-electron chi connectivity index (χ3n) is 7.62. The van der Waals surface area contributed by atoms with E-state index in [0.717, 1.165) is 11.1 Å². The molecule has 4 aromatic rings. The Morgan fingerprint density at radius 2 is 1.75 bits per heavy atom. The molecule has 0 spiro atoms. The third kappa shape index (κ3) is 4.84. The van der Waals surface area contributed by atoms with Gasteiger partial charge in [0, 0.05) is 43.9 Å². The molecule has 0 bridgehead atoms. The normalized spacial score (nSPS) is 18.5. The second-order valence-corrected chi connectivity index (χ2v) is 10.9. The van der Waals surface area contributed by atoms with E-state index in [2.05, 4.69) is 43.7 Å². The lowest BCUT2D eigenvalue weighted by Crippen LogP contribution is -2.58. The van der Waals surface area contributed by atoms with Crippen LogP contribution in [0.3, 0.4) is 0 Å². The Morgan fingerprint density at radius 1 is 1.05 bits per heavy atom. The molecule has 1 saturated heterocycles. The van der Waals surface area contributed by atoms with Crippen LogP contribution in [0.2, 0.25) is 0 Å². The van der Waals surface area contributed by atoms with Crippen molar-refractivity contribution in [3.63, 3.8) is 0 Å². The van der Waals surface area contributed by atoms with Crippen LogP contribution in [0.4, 0.5) is 14.5 Å². The first kappa shape index (κ1) is 27.7. The zero-order chi connectivity index (χ0) is 28.7. The van der Waals surface area contributed by atoms with Crippen molar-refractivity contribution in [2.45, 2.75) is 32.0 Å². The molecule has 3 heterocycles. The van der Waals surface area contributed by atoms with Crippen molar-refractivity contribution in [1.82, 2.24) is 14.5 Å². The second kappa shape index (κ2) is 11.0. The van der Waals surface area contributed by atoms with Gasteiger partial charge in [0.05, 0.1) is 24.4 Å². The molecule has 0 amide bonds. The third-order valence-corrected chi connectivity index (χ3v) is 8.06. The van der Waals surface area contributed by atoms with E-state index >= 15 is 0 Å². The first-order valence-electron chi connectivity index (χ1n) is 12.8. The summed E-state index contributed by atoms with van der Waals surface area (Å²) in [4.78, 5) is 22.2. The monoisotopic (exact) mass is 607 g/mol. The molecule has 5 rings (SSSR count). The summed E-state index contributed by atoms with van der Waals surface area (Å²) in [5, 5.41) is 10.1. The van der Waals surface area contributed by atoms with Crippen LogP contribution in [0.25, 0.3) is 11.0 Å². The van der Waals surface area contributed by atoms with E-state index in [-0.39, 0.29) is 35.1 Å². The minimum atomic E-state index is -0.412. The van der Waals surface area contributed by atoms with Crippen molar-refractivity contribution in [3.8, 4) is 11.8 Å². The summed E-state index contributed by atoms with van der Waals surface area (Å²) in [5.41, 5.74) is 2.96. The van der Waals surface area contributed by atoms with Crippen molar-refractivity contribution >= 4 is 32.7 Å². The molecule has 7 nitrogen and oxygen atoms in total. The summed E-state index contributed by atoms with van der Waals surface area (Å²) >= 11 is 3.44. The van der Waals surface area contributed by atoms with Crippen molar-refractivity contribution in [1.29, 1.82) is 5.26 Å². The summed E-state index contributed by atoms with van der Waals surface area (Å²) in [5.74, 6) is -0.361. The Morgan fingerprint density at radius 3 is 2.42 bits per heavy atom. The van der Waals surface area contributed by atoms with Crippen molar-refractivity contribution in [2.24, 2.45) is 7.05 Å². The molecule has 0 radical (unpaired) electrons. The molecule has 2 aromatic heterocycles. The lowest BCUT2D eigenvalue weighted by molar-refractivity contribution is 0.128. The molecule has 1 aliphatic rings. The topological polar surface area (TPSA) is 74.4 Å². The molecule has 1 aliphatic heterocycles. The average Bonchev–Trinajstić information content (AvgIpc) is 2.94. The molecule has 40 heavy (non-hydrogen) atoms. The number of ether oxygens (including phenoxy) is 1. The number of rotatable bonds is 5. The lowest BCUT2D eigenvalue weighted by Gasteiger charge is -2.48. The highest BCUT2D eigenvalue weighted by atomic mass is 79.9. The van der Waals surface area contributed by atoms with Crippen LogP contribution < -0.4 is 15.2 Å². The number of fused-ring (bicyclic) bond motifs is 1. The first-order valence-corrected chi connectivity index (χ1v) is 13.6. The van der Waals surface area contributed by atoms with Crippen LogP contribution >= 0.6 is 15.9 Å². The molecule has 1 unspecified atom stereocenters. The fourth-order valence-electron chi connectivity index (χ4n) is 5.68. The molecular weight excluding hydrogens is 580 g/mol. The molecule has 0 saturated carbocycles. The van der Waals surface area contributed by atoms with Gasteiger partial charge in [-0.1, -0.05) is 18.2 Å². The van der Waals surface area contributed by atoms with E-state index in [4.69, 9.17) is 4.74 Å². The number of piperazine rings is 1. The Labute approximate surface area is 239 Å². The number of hydrogen-bond acceptors (Lipinski definition) is 6. The van der Waals surface area contributed by atoms with Gasteiger partial charge >= 0.3 is 0 Å². The average molecular weight is 608 g/mol. The molecule has 0 N–H and O–H groups in total. The molecular formula is C30H28BrF2N5O2. The van der Waals surface area contributed by atoms with Crippen LogP contribution in [0, 0.1) is 23.0 Å². The van der Waals surface area contributed by atoms with Gasteiger partial charge in [-0.25, -0.2) is 13.8 Å². The van der Waals surface area contributed by atoms with E-state index in [1.165, 1.54) is 35.9 Å². The first-order chi connectivity index (χ1) is 19.1. The summed E-state index contributed by atoms with van der Waals surface area (Å²) in [7, 11) is 3.14. The van der Waals surface area contributed by atoms with Crippen LogP contribution in [0.5, 0.6) is 5.75 Å². The van der Waals surface area contributed by atoms with E-state index in [1.54, 1.807) is 31.3 Å². The number of nitriles is 1. The summed E-state index contributed by atoms with van der Waals surface area (Å²) in [6.45, 7) is 5.10. The maximum atomic E-state index is 14.1. The SMILES string of the molecule is COc1cc(F)ccc1C(c1ccc(F)cc1)N1C[C@H](C)N(c2c(C#N)c(=O)n(C)c3ccc(Br)nc23)C[C@@H]1C. The Balaban J connectivity index is 1.62. The molecule has 2 aromatic carbocycles. The number of pyridine rings is 2. The van der Waals surface area contributed by atoms with Gasteiger partial charge in [-0.2, -0.15) is 5.26 Å². The van der Waals surface area contributed by atoms with Gasteiger partial charge < -0.3 is 14.2 Å². The molecule has 206 valence electrons. The van der Waals surface area contributed by atoms with Crippen LogP contribution in [0.15, 0.2) is 64.0 Å². The van der Waals surface area contributed by atoms with Crippen LogP contribution in [0.1, 0.15) is 36.6 Å². The number of hydrogen-bond donors (Lipinski definition) is 0. The standard InChI is InChI=1S/C30H28BrF2N5O2/c1-17-16-38(29-23(14-34)30(39)36(3)24-11-12-26(31)35-27(24)29)18(2)15-37(17)28(19-5-7-20(32)8-6-19)22-10-9-21(33)13-25(22)40-4/h5-13,17-18,28H,15-16H2,1-4H3/t17-,18-,28?/m0/s1. The number of aryl methyl sites for hydroxylation is 1. The van der Waals surface area contributed by atoms with Crippen LogP contribution in [-0.4, -0.2) is 46.7 Å². The predicted molar refractivity (Wildman–Crippen MR) is 154 cm³/mol. The molecule has 10 heteroatoms. The Kier molecular flexibility index (Phi) is 7.62. The van der Waals surface area contributed by atoms with E-state index in [0.29, 0.717) is 40.2 Å². The van der Waals surface area contributed by atoms with Crippen molar-refractivity contribution in [2.75, 3.05) is 25.1 Å². The number of halogens is 3. The van der Waals surface area contributed by atoms with E-state index in [9.17, 15) is 18.8 Å². The maximum absolute atomic E-state index is 14.1. The number of anilines is 1. The molecule has 1 fully saturated rings. The summed E-state index contributed by atoms with van der Waals surface area (Å²) < 4.78 is 35.7. The highest BCUT2D eigenvalue weighted by Crippen LogP contribution is 2.40. The van der Waals surface area contributed by atoms with E-state index < -0.39 is 5.82 Å². The highest BCUT2D eigenvalue weighted by molar-refractivity contribution is 9.10. The van der Waals surface area contributed by atoms with Gasteiger partial charge in [-0.15, -0.1) is 0 Å². The van der Waals surface area contributed by atoms with Gasteiger partial charge in [0.1, 0.15) is 39.1 Å². The van der Waals surface area contributed by atoms with Crippen molar-refractivity contribution in [3.05, 3.63) is 97.9 Å². The number of nitrogens with zero attached hydrogens (tertiary/aromatic N) is 5. The summed E-state index contributed by atoms with van der Waals surface area (Å²) in [6.07, 6.45) is 0. The van der Waals surface area contributed by atoms with Gasteiger partial charge in [-0.05, 0) is 65.7 Å². The smallest absolute Gasteiger partial charge is 0.270 e. The minimum absolute atomic E-state index is 0.0448. The molecule has 0 aliphatic carbocycles. The lowest BCUT2D eigenvalue weighted by atomic mass is 9.92. The minimum Gasteiger partial charge on any atom is -0.496 e. The highest BCUT2D eigenvalue weighted by Gasteiger charge is 2.38. The van der Waals surface area contributed by atoms with Gasteiger partial charge in [0.15, 0.2) is 0 Å². The largest absolute Gasteiger partial charge is 0.496 e. The van der Waals surface area contributed by atoms with Gasteiger partial charge in [0.2, 0.25) is 0 Å². The van der Waals surface area contributed by atoms with Crippen molar-refractivity contribution < 1.29 is 13.5 Å². The number of methoxy groups -OCH3 is 1. The fourth-order valence-corrected chi connectivity index (χ4v) is 5.99. The second-order valence-electron chi connectivity index (χ2n) is 10.1. The Bertz CT molecular complexity index is 1690. The van der Waals surface area contributed by atoms with Crippen LogP contribution in [-0.2, 0) is 7.05 Å². The predicted octanol–water partition coefficient (Wildman–Crippen LogP) is 5.54. The quantitative estimate of drug-likeness (QED) is 0.277. The summed E-state index contributed by atoms with van der Waals surface area (Å²) in [6, 6.07) is 15.9. The Hall–Kier alpha value is -3.81.